The van der Waals surface area contributed by atoms with Crippen LogP contribution in [0.1, 0.15) is 27.2 Å². The first-order valence-corrected chi connectivity index (χ1v) is 5.48. The standard InChI is InChI=1S/C12H20N2O/c1-5-6-12(11(4)15)14-8-7-13-9(2)10(14)3/h6,9,13H,3,5,7-8H2,1-2,4H3/b12-6-. The number of nitrogens with zero attached hydrogens (tertiary/aromatic N) is 1. The highest BCUT2D eigenvalue weighted by molar-refractivity contribution is 5.93. The van der Waals surface area contributed by atoms with Gasteiger partial charge >= 0.3 is 0 Å². The van der Waals surface area contributed by atoms with Crippen molar-refractivity contribution in [1.29, 1.82) is 0 Å². The molecule has 1 rings (SSSR count). The van der Waals surface area contributed by atoms with E-state index < -0.39 is 0 Å². The lowest BCUT2D eigenvalue weighted by Crippen LogP contribution is -2.47. The first kappa shape index (κ1) is 12.0. The summed E-state index contributed by atoms with van der Waals surface area (Å²) in [7, 11) is 0. The van der Waals surface area contributed by atoms with Gasteiger partial charge < -0.3 is 10.2 Å². The average molecular weight is 208 g/mol. The number of hydrogen-bond donors (Lipinski definition) is 1. The summed E-state index contributed by atoms with van der Waals surface area (Å²) in [4.78, 5) is 13.5. The van der Waals surface area contributed by atoms with Gasteiger partial charge in [-0.15, -0.1) is 0 Å². The fourth-order valence-corrected chi connectivity index (χ4v) is 1.80. The largest absolute Gasteiger partial charge is 0.340 e. The minimum absolute atomic E-state index is 0.118. The van der Waals surface area contributed by atoms with Gasteiger partial charge in [-0.1, -0.05) is 19.6 Å². The summed E-state index contributed by atoms with van der Waals surface area (Å²) < 4.78 is 0. The predicted octanol–water partition coefficient (Wildman–Crippen LogP) is 1.68. The third-order valence-electron chi connectivity index (χ3n) is 2.68. The fraction of sp³-hybridized carbons (Fsp3) is 0.583. The van der Waals surface area contributed by atoms with Crippen LogP contribution < -0.4 is 5.32 Å². The van der Waals surface area contributed by atoms with E-state index >= 15 is 0 Å². The van der Waals surface area contributed by atoms with Crippen molar-refractivity contribution in [2.45, 2.75) is 33.2 Å². The molecule has 0 aromatic heterocycles. The zero-order chi connectivity index (χ0) is 11.4. The first-order valence-electron chi connectivity index (χ1n) is 5.48. The molecule has 0 saturated carbocycles. The number of carbonyl (C=O) groups is 1. The normalized spacial score (nSPS) is 23.1. The molecule has 0 radical (unpaired) electrons. The Morgan fingerprint density at radius 3 is 2.93 bits per heavy atom. The summed E-state index contributed by atoms with van der Waals surface area (Å²) in [5.41, 5.74) is 1.77. The Balaban J connectivity index is 2.88. The van der Waals surface area contributed by atoms with Crippen molar-refractivity contribution < 1.29 is 4.79 Å². The Bertz CT molecular complexity index is 294. The Hall–Kier alpha value is -1.09. The average Bonchev–Trinajstić information content (AvgIpc) is 2.19. The molecule has 15 heavy (non-hydrogen) atoms. The van der Waals surface area contributed by atoms with Crippen LogP contribution in [0.3, 0.4) is 0 Å². The molecule has 0 spiro atoms. The minimum Gasteiger partial charge on any atom is -0.340 e. The van der Waals surface area contributed by atoms with Gasteiger partial charge in [0.1, 0.15) is 0 Å². The molecule has 1 aliphatic heterocycles. The molecular weight excluding hydrogens is 188 g/mol. The lowest BCUT2D eigenvalue weighted by molar-refractivity contribution is -0.115. The van der Waals surface area contributed by atoms with Crippen LogP contribution in [0.2, 0.25) is 0 Å². The molecule has 0 bridgehead atoms. The van der Waals surface area contributed by atoms with Crippen molar-refractivity contribution in [3.05, 3.63) is 24.0 Å². The smallest absolute Gasteiger partial charge is 0.175 e. The Labute approximate surface area is 91.8 Å². The second kappa shape index (κ2) is 5.12. The highest BCUT2D eigenvalue weighted by Crippen LogP contribution is 2.18. The van der Waals surface area contributed by atoms with Crippen LogP contribution in [0, 0.1) is 0 Å². The number of hydrogen-bond acceptors (Lipinski definition) is 3. The van der Waals surface area contributed by atoms with E-state index in [0.717, 1.165) is 30.9 Å². The molecule has 0 aromatic carbocycles. The van der Waals surface area contributed by atoms with Crippen molar-refractivity contribution in [1.82, 2.24) is 10.2 Å². The van der Waals surface area contributed by atoms with Gasteiger partial charge in [-0.25, -0.2) is 0 Å². The van der Waals surface area contributed by atoms with E-state index in [9.17, 15) is 4.79 Å². The van der Waals surface area contributed by atoms with Crippen LogP contribution in [0.25, 0.3) is 0 Å². The van der Waals surface area contributed by atoms with Crippen molar-refractivity contribution in [2.24, 2.45) is 0 Å². The van der Waals surface area contributed by atoms with Crippen molar-refractivity contribution in [3.8, 4) is 0 Å². The van der Waals surface area contributed by atoms with Gasteiger partial charge in [0.2, 0.25) is 0 Å². The first-order chi connectivity index (χ1) is 7.07. The fourth-order valence-electron chi connectivity index (χ4n) is 1.80. The third kappa shape index (κ3) is 2.69. The Morgan fingerprint density at radius 1 is 1.73 bits per heavy atom. The van der Waals surface area contributed by atoms with Crippen molar-refractivity contribution >= 4 is 5.78 Å². The number of ketones is 1. The van der Waals surface area contributed by atoms with Gasteiger partial charge in [0.15, 0.2) is 5.78 Å². The zero-order valence-corrected chi connectivity index (χ0v) is 9.84. The molecule has 0 aliphatic carbocycles. The maximum absolute atomic E-state index is 11.5. The Morgan fingerprint density at radius 2 is 2.40 bits per heavy atom. The number of nitrogens with one attached hydrogen (secondary N) is 1. The van der Waals surface area contributed by atoms with E-state index in [1.54, 1.807) is 6.92 Å². The monoisotopic (exact) mass is 208 g/mol. The second-order valence-corrected chi connectivity index (χ2v) is 3.87. The second-order valence-electron chi connectivity index (χ2n) is 3.87. The molecular formula is C12H20N2O. The van der Waals surface area contributed by atoms with E-state index in [4.69, 9.17) is 0 Å². The van der Waals surface area contributed by atoms with Crippen LogP contribution in [-0.4, -0.2) is 29.8 Å². The van der Waals surface area contributed by atoms with Gasteiger partial charge in [0.05, 0.1) is 5.70 Å². The van der Waals surface area contributed by atoms with Gasteiger partial charge in [-0.05, 0) is 13.3 Å². The summed E-state index contributed by atoms with van der Waals surface area (Å²) in [6.45, 7) is 11.5. The quantitative estimate of drug-likeness (QED) is 0.716. The zero-order valence-electron chi connectivity index (χ0n) is 9.84. The van der Waals surface area contributed by atoms with E-state index in [1.165, 1.54) is 0 Å². The highest BCUT2D eigenvalue weighted by Gasteiger charge is 2.23. The van der Waals surface area contributed by atoms with Crippen molar-refractivity contribution in [3.63, 3.8) is 0 Å². The van der Waals surface area contributed by atoms with Crippen LogP contribution in [0.5, 0.6) is 0 Å². The summed E-state index contributed by atoms with van der Waals surface area (Å²) in [6.07, 6.45) is 2.85. The molecule has 1 unspecified atom stereocenters. The summed E-state index contributed by atoms with van der Waals surface area (Å²) in [6, 6.07) is 0.248. The van der Waals surface area contributed by atoms with Crippen molar-refractivity contribution in [2.75, 3.05) is 13.1 Å². The molecule has 3 nitrogen and oxygen atoms in total. The molecule has 84 valence electrons. The minimum atomic E-state index is 0.118. The van der Waals surface area contributed by atoms with Gasteiger partial charge in [-0.3, -0.25) is 4.79 Å². The topological polar surface area (TPSA) is 32.3 Å². The van der Waals surface area contributed by atoms with E-state index in [0.29, 0.717) is 0 Å². The third-order valence-corrected chi connectivity index (χ3v) is 2.68. The maximum Gasteiger partial charge on any atom is 0.175 e. The van der Waals surface area contributed by atoms with Crippen LogP contribution in [0.15, 0.2) is 24.0 Å². The molecule has 1 fully saturated rings. The van der Waals surface area contributed by atoms with Gasteiger partial charge in [0, 0.05) is 31.8 Å². The van der Waals surface area contributed by atoms with Gasteiger partial charge in [0.25, 0.3) is 0 Å². The number of Topliss-reactive ketones (excluding diaryl/α,β-unsaturated/α-hetero) is 1. The van der Waals surface area contributed by atoms with Gasteiger partial charge in [-0.2, -0.15) is 0 Å². The molecule has 1 aliphatic rings. The predicted molar refractivity (Wildman–Crippen MR) is 62.4 cm³/mol. The molecule has 1 N–H and O–H groups in total. The molecule has 1 saturated heterocycles. The van der Waals surface area contributed by atoms with Crippen LogP contribution in [0.4, 0.5) is 0 Å². The highest BCUT2D eigenvalue weighted by atomic mass is 16.1. The maximum atomic E-state index is 11.5. The van der Waals surface area contributed by atoms with E-state index in [2.05, 4.69) is 18.8 Å². The van der Waals surface area contributed by atoms with Crippen LogP contribution in [-0.2, 0) is 4.79 Å². The lowest BCUT2D eigenvalue weighted by atomic mass is 10.1. The lowest BCUT2D eigenvalue weighted by Gasteiger charge is -2.36. The molecule has 3 heteroatoms. The van der Waals surface area contributed by atoms with Crippen LogP contribution >= 0.6 is 0 Å². The number of piperazine rings is 1. The molecule has 1 atom stereocenters. The molecule has 1 heterocycles. The number of allylic oxidation sites excluding steroid dienone is 2. The molecule has 0 amide bonds. The van der Waals surface area contributed by atoms with E-state index in [1.807, 2.05) is 17.9 Å². The summed E-state index contributed by atoms with van der Waals surface area (Å²) >= 11 is 0. The summed E-state index contributed by atoms with van der Waals surface area (Å²) in [5, 5.41) is 3.32. The Kier molecular flexibility index (Phi) is 4.09. The molecule has 0 aromatic rings. The number of carbonyl (C=O) groups excluding carboxylic acids is 1. The van der Waals surface area contributed by atoms with E-state index in [-0.39, 0.29) is 11.8 Å². The number of rotatable bonds is 3. The summed E-state index contributed by atoms with van der Waals surface area (Å²) in [5.74, 6) is 0.118. The SMILES string of the molecule is C=C1C(C)NCCN1/C(=C\CC)C(C)=O.